The molecule has 0 aliphatic carbocycles. The van der Waals surface area contributed by atoms with Crippen molar-refractivity contribution >= 4 is 5.78 Å². The maximum Gasteiger partial charge on any atom is 0.164 e. The average Bonchev–Trinajstić information content (AvgIpc) is 2.40. The van der Waals surface area contributed by atoms with Crippen molar-refractivity contribution in [3.63, 3.8) is 0 Å². The first-order valence-corrected chi connectivity index (χ1v) is 6.99. The number of Topliss-reactive ketones (excluding diaryl/α,β-unsaturated/α-hetero) is 1. The second-order valence-corrected chi connectivity index (χ2v) is 5.37. The zero-order valence-electron chi connectivity index (χ0n) is 11.5. The zero-order valence-corrected chi connectivity index (χ0v) is 11.5. The van der Waals surface area contributed by atoms with Gasteiger partial charge in [0.2, 0.25) is 0 Å². The predicted molar refractivity (Wildman–Crippen MR) is 75.2 cm³/mol. The first-order valence-electron chi connectivity index (χ1n) is 6.99. The van der Waals surface area contributed by atoms with Gasteiger partial charge in [-0.3, -0.25) is 4.79 Å². The van der Waals surface area contributed by atoms with Crippen molar-refractivity contribution in [1.82, 2.24) is 4.90 Å². The third-order valence-corrected chi connectivity index (χ3v) is 3.93. The minimum Gasteiger partial charge on any atom is -0.303 e. The lowest BCUT2D eigenvalue weighted by Crippen LogP contribution is -2.31. The molecule has 1 saturated heterocycles. The summed E-state index contributed by atoms with van der Waals surface area (Å²) in [5.41, 5.74) is 3.33. The molecule has 0 N–H and O–H groups in total. The third kappa shape index (κ3) is 3.42. The number of hydrogen-bond acceptors (Lipinski definition) is 2. The lowest BCUT2D eigenvalue weighted by Gasteiger charge is -2.25. The van der Waals surface area contributed by atoms with E-state index in [1.54, 1.807) is 0 Å². The minimum absolute atomic E-state index is 0.281. The Morgan fingerprint density at radius 2 is 1.83 bits per heavy atom. The van der Waals surface area contributed by atoms with Crippen molar-refractivity contribution in [2.75, 3.05) is 19.6 Å². The summed E-state index contributed by atoms with van der Waals surface area (Å²) in [5.74, 6) is 0.281. The van der Waals surface area contributed by atoms with Gasteiger partial charge in [0.25, 0.3) is 0 Å². The Balaban J connectivity index is 1.88. The van der Waals surface area contributed by atoms with E-state index in [0.717, 1.165) is 12.1 Å². The molecule has 0 radical (unpaired) electrons. The maximum atomic E-state index is 12.1. The molecule has 0 unspecified atom stereocenters. The van der Waals surface area contributed by atoms with E-state index in [1.807, 2.05) is 18.2 Å². The van der Waals surface area contributed by atoms with Gasteiger partial charge in [-0.25, -0.2) is 0 Å². The highest BCUT2D eigenvalue weighted by Gasteiger charge is 2.13. The molecule has 18 heavy (non-hydrogen) atoms. The Bertz CT molecular complexity index is 419. The Kier molecular flexibility index (Phi) is 4.54. The molecule has 0 spiro atoms. The number of nitrogens with zero attached hydrogens (tertiary/aromatic N) is 1. The van der Waals surface area contributed by atoms with Crippen LogP contribution in [0.2, 0.25) is 0 Å². The van der Waals surface area contributed by atoms with Crippen molar-refractivity contribution in [2.45, 2.75) is 39.5 Å². The number of aryl methyl sites for hydroxylation is 2. The van der Waals surface area contributed by atoms with Crippen LogP contribution in [-0.4, -0.2) is 30.3 Å². The largest absolute Gasteiger partial charge is 0.303 e. The molecule has 0 saturated carbocycles. The molecule has 2 heteroatoms. The zero-order chi connectivity index (χ0) is 13.0. The monoisotopic (exact) mass is 245 g/mol. The second-order valence-electron chi connectivity index (χ2n) is 5.37. The first kappa shape index (κ1) is 13.3. The maximum absolute atomic E-state index is 12.1. The van der Waals surface area contributed by atoms with E-state index >= 15 is 0 Å². The van der Waals surface area contributed by atoms with Gasteiger partial charge in [-0.2, -0.15) is 0 Å². The second kappa shape index (κ2) is 6.14. The standard InChI is InChI=1S/C16H23NO/c1-13-6-7-15(12-14(13)2)16(18)8-11-17-9-4-3-5-10-17/h6-7,12H,3-5,8-11H2,1-2H3. The van der Waals surface area contributed by atoms with Crippen LogP contribution >= 0.6 is 0 Å². The van der Waals surface area contributed by atoms with Crippen molar-refractivity contribution < 1.29 is 4.79 Å². The molecule has 1 aliphatic rings. The smallest absolute Gasteiger partial charge is 0.164 e. The average molecular weight is 245 g/mol. The number of likely N-dealkylation sites (tertiary alicyclic amines) is 1. The predicted octanol–water partition coefficient (Wildman–Crippen LogP) is 3.36. The Labute approximate surface area is 110 Å². The molecule has 0 bridgehead atoms. The summed E-state index contributed by atoms with van der Waals surface area (Å²) < 4.78 is 0. The van der Waals surface area contributed by atoms with Crippen LogP contribution in [0.3, 0.4) is 0 Å². The number of piperidine rings is 1. The Morgan fingerprint density at radius 1 is 1.11 bits per heavy atom. The minimum atomic E-state index is 0.281. The lowest BCUT2D eigenvalue weighted by molar-refractivity contribution is 0.0958. The van der Waals surface area contributed by atoms with Crippen molar-refractivity contribution in [3.8, 4) is 0 Å². The van der Waals surface area contributed by atoms with Crippen molar-refractivity contribution in [2.24, 2.45) is 0 Å². The van der Waals surface area contributed by atoms with E-state index < -0.39 is 0 Å². The highest BCUT2D eigenvalue weighted by molar-refractivity contribution is 5.96. The van der Waals surface area contributed by atoms with Crippen LogP contribution in [0.1, 0.15) is 47.2 Å². The van der Waals surface area contributed by atoms with Crippen LogP contribution in [0.25, 0.3) is 0 Å². The topological polar surface area (TPSA) is 20.3 Å². The van der Waals surface area contributed by atoms with E-state index in [-0.39, 0.29) is 5.78 Å². The van der Waals surface area contributed by atoms with Crippen molar-refractivity contribution in [3.05, 3.63) is 34.9 Å². The quantitative estimate of drug-likeness (QED) is 0.758. The molecule has 1 heterocycles. The van der Waals surface area contributed by atoms with E-state index in [0.29, 0.717) is 6.42 Å². The molecular formula is C16H23NO. The fraction of sp³-hybridized carbons (Fsp3) is 0.562. The number of benzene rings is 1. The highest BCUT2D eigenvalue weighted by Crippen LogP contribution is 2.13. The fourth-order valence-electron chi connectivity index (χ4n) is 2.50. The summed E-state index contributed by atoms with van der Waals surface area (Å²) >= 11 is 0. The number of rotatable bonds is 4. The van der Waals surface area contributed by atoms with Gasteiger partial charge < -0.3 is 4.90 Å². The fourth-order valence-corrected chi connectivity index (χ4v) is 2.50. The molecule has 1 aromatic rings. The third-order valence-electron chi connectivity index (χ3n) is 3.93. The molecule has 1 aliphatic heterocycles. The first-order chi connectivity index (χ1) is 8.66. The molecule has 98 valence electrons. The van der Waals surface area contributed by atoms with Gasteiger partial charge in [0.1, 0.15) is 0 Å². The van der Waals surface area contributed by atoms with Gasteiger partial charge in [0, 0.05) is 18.5 Å². The van der Waals surface area contributed by atoms with E-state index in [4.69, 9.17) is 0 Å². The van der Waals surface area contributed by atoms with Gasteiger partial charge in [-0.05, 0) is 57.0 Å². The highest BCUT2D eigenvalue weighted by atomic mass is 16.1. The van der Waals surface area contributed by atoms with Gasteiger partial charge in [-0.1, -0.05) is 18.6 Å². The van der Waals surface area contributed by atoms with E-state index in [2.05, 4.69) is 18.7 Å². The molecule has 2 nitrogen and oxygen atoms in total. The van der Waals surface area contributed by atoms with Crippen LogP contribution in [-0.2, 0) is 0 Å². The molecule has 1 aromatic carbocycles. The Morgan fingerprint density at radius 3 is 2.50 bits per heavy atom. The molecule has 0 atom stereocenters. The number of carbonyl (C=O) groups excluding carboxylic acids is 1. The lowest BCUT2D eigenvalue weighted by atomic mass is 10.0. The summed E-state index contributed by atoms with van der Waals surface area (Å²) in [6.07, 6.45) is 4.58. The van der Waals surface area contributed by atoms with Gasteiger partial charge in [0.05, 0.1) is 0 Å². The SMILES string of the molecule is Cc1ccc(C(=O)CCN2CCCCC2)cc1C. The summed E-state index contributed by atoms with van der Waals surface area (Å²) in [6.45, 7) is 7.40. The summed E-state index contributed by atoms with van der Waals surface area (Å²) in [5, 5.41) is 0. The van der Waals surface area contributed by atoms with Gasteiger partial charge in [0.15, 0.2) is 5.78 Å². The van der Waals surface area contributed by atoms with Gasteiger partial charge in [-0.15, -0.1) is 0 Å². The van der Waals surface area contributed by atoms with Crippen LogP contribution in [0.4, 0.5) is 0 Å². The van der Waals surface area contributed by atoms with Crippen LogP contribution in [0.5, 0.6) is 0 Å². The Hall–Kier alpha value is -1.15. The summed E-state index contributed by atoms with van der Waals surface area (Å²) in [7, 11) is 0. The molecule has 2 rings (SSSR count). The van der Waals surface area contributed by atoms with E-state index in [1.165, 1.54) is 43.5 Å². The van der Waals surface area contributed by atoms with Crippen molar-refractivity contribution in [1.29, 1.82) is 0 Å². The molecule has 1 fully saturated rings. The van der Waals surface area contributed by atoms with Crippen LogP contribution in [0, 0.1) is 13.8 Å². The number of carbonyl (C=O) groups is 1. The normalized spacial score (nSPS) is 16.8. The summed E-state index contributed by atoms with van der Waals surface area (Å²) in [6, 6.07) is 6.03. The number of hydrogen-bond donors (Lipinski definition) is 0. The molecule has 0 aromatic heterocycles. The van der Waals surface area contributed by atoms with Gasteiger partial charge >= 0.3 is 0 Å². The number of ketones is 1. The van der Waals surface area contributed by atoms with Crippen LogP contribution in [0.15, 0.2) is 18.2 Å². The van der Waals surface area contributed by atoms with E-state index in [9.17, 15) is 4.79 Å². The molecule has 0 amide bonds. The molecular weight excluding hydrogens is 222 g/mol. The summed E-state index contributed by atoms with van der Waals surface area (Å²) in [4.78, 5) is 14.5. The van der Waals surface area contributed by atoms with Crippen LogP contribution < -0.4 is 0 Å².